The zero-order valence-corrected chi connectivity index (χ0v) is 16.2. The summed E-state index contributed by atoms with van der Waals surface area (Å²) in [4.78, 5) is 29.2. The Balaban J connectivity index is 1.42. The van der Waals surface area contributed by atoms with Crippen LogP contribution >= 0.6 is 0 Å². The predicted octanol–water partition coefficient (Wildman–Crippen LogP) is 2.18. The molecule has 1 fully saturated rings. The fraction of sp³-hybridized carbons (Fsp3) is 0.238. The molecule has 2 aromatic heterocycles. The molecule has 1 aliphatic heterocycles. The van der Waals surface area contributed by atoms with Crippen molar-refractivity contribution < 1.29 is 13.7 Å². The van der Waals surface area contributed by atoms with Gasteiger partial charge in [0.1, 0.15) is 5.82 Å². The highest BCUT2D eigenvalue weighted by Crippen LogP contribution is 2.27. The van der Waals surface area contributed by atoms with Crippen molar-refractivity contribution in [1.29, 1.82) is 0 Å². The molecule has 2 aromatic carbocycles. The van der Waals surface area contributed by atoms with E-state index in [0.717, 1.165) is 15.9 Å². The smallest absolute Gasteiger partial charge is 0.275 e. The molecule has 152 valence electrons. The highest BCUT2D eigenvalue weighted by Gasteiger charge is 2.27. The maximum Gasteiger partial charge on any atom is 0.275 e. The molecule has 1 saturated heterocycles. The Bertz CT molecular complexity index is 1340. The van der Waals surface area contributed by atoms with E-state index in [1.165, 1.54) is 25.2 Å². The number of benzene rings is 2. The molecule has 0 saturated carbocycles. The molecular weight excluding hydrogens is 389 g/mol. The van der Waals surface area contributed by atoms with Crippen molar-refractivity contribution in [3.05, 3.63) is 64.3 Å². The van der Waals surface area contributed by atoms with Gasteiger partial charge in [0.25, 0.3) is 11.5 Å². The maximum absolute atomic E-state index is 13.8. The number of halogens is 1. The van der Waals surface area contributed by atoms with E-state index in [-0.39, 0.29) is 27.9 Å². The van der Waals surface area contributed by atoms with Gasteiger partial charge in [-0.2, -0.15) is 5.10 Å². The zero-order chi connectivity index (χ0) is 20.8. The first-order valence-electron chi connectivity index (χ1n) is 9.58. The Morgan fingerprint density at radius 3 is 2.60 bits per heavy atom. The number of nitrogens with zero attached hydrogens (tertiary/aromatic N) is 5. The van der Waals surface area contributed by atoms with E-state index in [2.05, 4.69) is 15.2 Å². The zero-order valence-electron chi connectivity index (χ0n) is 16.2. The van der Waals surface area contributed by atoms with E-state index in [0.29, 0.717) is 31.8 Å². The fourth-order valence-electron chi connectivity index (χ4n) is 3.85. The summed E-state index contributed by atoms with van der Waals surface area (Å²) in [5.74, 6) is -0.0920. The molecule has 0 N–H and O–H groups in total. The highest BCUT2D eigenvalue weighted by atomic mass is 19.1. The molecule has 0 bridgehead atoms. The Labute approximate surface area is 170 Å². The van der Waals surface area contributed by atoms with Crippen molar-refractivity contribution in [2.45, 2.75) is 0 Å². The van der Waals surface area contributed by atoms with Crippen LogP contribution < -0.4 is 10.5 Å². The van der Waals surface area contributed by atoms with Crippen LogP contribution in [0.5, 0.6) is 0 Å². The number of amides is 1. The Kier molecular flexibility index (Phi) is 4.23. The van der Waals surface area contributed by atoms with E-state index in [1.54, 1.807) is 4.90 Å². The van der Waals surface area contributed by atoms with Gasteiger partial charge >= 0.3 is 0 Å². The summed E-state index contributed by atoms with van der Waals surface area (Å²) in [7, 11) is 1.48. The van der Waals surface area contributed by atoms with Gasteiger partial charge in [0.2, 0.25) is 0 Å². The Morgan fingerprint density at radius 1 is 1.03 bits per heavy atom. The molecule has 0 spiro atoms. The van der Waals surface area contributed by atoms with Gasteiger partial charge in [-0.1, -0.05) is 17.3 Å². The van der Waals surface area contributed by atoms with Crippen LogP contribution in [0.2, 0.25) is 0 Å². The maximum atomic E-state index is 13.8. The van der Waals surface area contributed by atoms with Crippen molar-refractivity contribution in [2.75, 3.05) is 31.1 Å². The van der Waals surface area contributed by atoms with Gasteiger partial charge < -0.3 is 14.3 Å². The van der Waals surface area contributed by atoms with Crippen molar-refractivity contribution in [1.82, 2.24) is 19.8 Å². The quantitative estimate of drug-likeness (QED) is 0.506. The molecule has 1 aliphatic rings. The summed E-state index contributed by atoms with van der Waals surface area (Å²) in [5.41, 5.74) is 0.421. The van der Waals surface area contributed by atoms with E-state index in [1.807, 2.05) is 24.3 Å². The van der Waals surface area contributed by atoms with Crippen LogP contribution in [0.4, 0.5) is 10.2 Å². The normalized spacial score (nSPS) is 14.6. The van der Waals surface area contributed by atoms with Crippen molar-refractivity contribution in [3.63, 3.8) is 0 Å². The van der Waals surface area contributed by atoms with Gasteiger partial charge in [-0.15, -0.1) is 0 Å². The molecule has 9 heteroatoms. The number of aromatic nitrogens is 3. The second-order valence-corrected chi connectivity index (χ2v) is 7.25. The second kappa shape index (κ2) is 6.94. The number of para-hydroxylation sites is 1. The molecular formula is C21H18FN5O3. The molecule has 1 amide bonds. The average Bonchev–Trinajstić information content (AvgIpc) is 3.20. The summed E-state index contributed by atoms with van der Waals surface area (Å²) in [6, 6.07) is 11.4. The Morgan fingerprint density at radius 2 is 1.80 bits per heavy atom. The van der Waals surface area contributed by atoms with Crippen LogP contribution in [0.3, 0.4) is 0 Å². The lowest BCUT2D eigenvalue weighted by atomic mass is 10.1. The lowest BCUT2D eigenvalue weighted by Crippen LogP contribution is -2.49. The minimum Gasteiger partial charge on any atom is -0.354 e. The third-order valence-corrected chi connectivity index (χ3v) is 5.44. The molecule has 30 heavy (non-hydrogen) atoms. The fourth-order valence-corrected chi connectivity index (χ4v) is 3.85. The van der Waals surface area contributed by atoms with Crippen molar-refractivity contribution in [2.24, 2.45) is 7.05 Å². The van der Waals surface area contributed by atoms with E-state index in [4.69, 9.17) is 4.52 Å². The summed E-state index contributed by atoms with van der Waals surface area (Å²) < 4.78 is 20.3. The standard InChI is InChI=1S/C21H18FN5O3/c1-25-20(28)14-7-6-13(22)12-16(14)18(23-25)21(29)27-10-8-26(9-11-27)19-15-4-2-3-5-17(15)30-24-19/h2-7,12H,8-11H2,1H3. The second-order valence-electron chi connectivity index (χ2n) is 7.25. The predicted molar refractivity (Wildman–Crippen MR) is 109 cm³/mol. The lowest BCUT2D eigenvalue weighted by Gasteiger charge is -2.34. The first-order valence-corrected chi connectivity index (χ1v) is 9.58. The topological polar surface area (TPSA) is 84.5 Å². The van der Waals surface area contributed by atoms with Crippen molar-refractivity contribution in [3.8, 4) is 0 Å². The van der Waals surface area contributed by atoms with Gasteiger partial charge in [0.15, 0.2) is 17.1 Å². The van der Waals surface area contributed by atoms with Gasteiger partial charge in [-0.25, -0.2) is 9.07 Å². The number of hydrogen-bond acceptors (Lipinski definition) is 6. The third kappa shape index (κ3) is 2.90. The van der Waals surface area contributed by atoms with E-state index in [9.17, 15) is 14.0 Å². The molecule has 0 radical (unpaired) electrons. The number of fused-ring (bicyclic) bond motifs is 2. The van der Waals surface area contributed by atoms with Crippen LogP contribution in [0.25, 0.3) is 21.7 Å². The first kappa shape index (κ1) is 18.3. The molecule has 3 heterocycles. The number of carbonyl (C=O) groups excluding carboxylic acids is 1. The monoisotopic (exact) mass is 407 g/mol. The lowest BCUT2D eigenvalue weighted by molar-refractivity contribution is 0.0740. The summed E-state index contributed by atoms with van der Waals surface area (Å²) >= 11 is 0. The number of piperazine rings is 1. The number of anilines is 1. The third-order valence-electron chi connectivity index (χ3n) is 5.44. The minimum absolute atomic E-state index is 0.0759. The number of aryl methyl sites for hydroxylation is 1. The minimum atomic E-state index is -0.519. The van der Waals surface area contributed by atoms with Crippen LogP contribution in [-0.4, -0.2) is 51.9 Å². The summed E-state index contributed by atoms with van der Waals surface area (Å²) in [6.45, 7) is 2.03. The molecule has 0 aliphatic carbocycles. The summed E-state index contributed by atoms with van der Waals surface area (Å²) in [5, 5.41) is 9.73. The van der Waals surface area contributed by atoms with Crippen LogP contribution in [0.1, 0.15) is 10.5 Å². The van der Waals surface area contributed by atoms with Gasteiger partial charge in [-0.3, -0.25) is 9.59 Å². The van der Waals surface area contributed by atoms with Gasteiger partial charge in [0.05, 0.1) is 10.8 Å². The largest absolute Gasteiger partial charge is 0.354 e. The highest BCUT2D eigenvalue weighted by molar-refractivity contribution is 6.05. The van der Waals surface area contributed by atoms with Gasteiger partial charge in [-0.05, 0) is 30.3 Å². The number of hydrogen-bond donors (Lipinski definition) is 0. The average molecular weight is 407 g/mol. The molecule has 0 atom stereocenters. The molecule has 0 unspecified atom stereocenters. The van der Waals surface area contributed by atoms with Crippen LogP contribution in [-0.2, 0) is 7.05 Å². The molecule has 8 nitrogen and oxygen atoms in total. The summed E-state index contributed by atoms with van der Waals surface area (Å²) in [6.07, 6.45) is 0. The first-order chi connectivity index (χ1) is 14.5. The molecule has 4 aromatic rings. The van der Waals surface area contributed by atoms with Gasteiger partial charge in [0, 0.05) is 38.6 Å². The van der Waals surface area contributed by atoms with E-state index >= 15 is 0 Å². The molecule has 5 rings (SSSR count). The Hall–Kier alpha value is -3.75. The van der Waals surface area contributed by atoms with Crippen molar-refractivity contribution >= 4 is 33.5 Å². The van der Waals surface area contributed by atoms with Crippen LogP contribution in [0.15, 0.2) is 51.8 Å². The SMILES string of the molecule is Cn1nc(C(=O)N2CCN(c3noc4ccccc34)CC2)c2cc(F)ccc2c1=O. The number of carbonyl (C=O) groups is 1. The number of rotatable bonds is 2. The van der Waals surface area contributed by atoms with E-state index < -0.39 is 5.82 Å². The van der Waals surface area contributed by atoms with Crippen LogP contribution in [0, 0.1) is 5.82 Å².